The Bertz CT molecular complexity index is 2210. The first kappa shape index (κ1) is 39.1. The molecule has 3 fully saturated rings. The third kappa shape index (κ3) is 7.76. The summed E-state index contributed by atoms with van der Waals surface area (Å²) in [6.45, 7) is 8.71. The molecule has 1 saturated heterocycles. The molecule has 1 aliphatic heterocycles. The molecule has 3 aromatic heterocycles. The smallest absolute Gasteiger partial charge is 0.407 e. The summed E-state index contributed by atoms with van der Waals surface area (Å²) in [4.78, 5) is 62.4. The normalized spacial score (nSPS) is 22.3. The van der Waals surface area contributed by atoms with E-state index in [1.54, 1.807) is 6.20 Å². The third-order valence-corrected chi connectivity index (χ3v) is 12.7. The molecule has 0 radical (unpaired) electrons. The van der Waals surface area contributed by atoms with E-state index in [-0.39, 0.29) is 47.6 Å². The molecule has 4 heterocycles. The highest BCUT2D eigenvalue weighted by molar-refractivity contribution is 5.86. The summed E-state index contributed by atoms with van der Waals surface area (Å²) in [6.07, 6.45) is 11.7. The van der Waals surface area contributed by atoms with E-state index in [0.29, 0.717) is 18.4 Å². The van der Waals surface area contributed by atoms with Gasteiger partial charge in [0.25, 0.3) is 0 Å². The van der Waals surface area contributed by atoms with Crippen molar-refractivity contribution in [2.24, 2.45) is 29.6 Å². The summed E-state index contributed by atoms with van der Waals surface area (Å²) in [7, 11) is 1.30. The van der Waals surface area contributed by atoms with Crippen LogP contribution in [-0.2, 0) is 14.3 Å². The van der Waals surface area contributed by atoms with Crippen molar-refractivity contribution in [3.8, 4) is 33.6 Å². The zero-order chi connectivity index (χ0) is 40.5. The number of ether oxygens (including phenoxy) is 1. The second-order valence-electron chi connectivity index (χ2n) is 17.0. The van der Waals surface area contributed by atoms with Crippen LogP contribution in [0.4, 0.5) is 4.79 Å². The largest absolute Gasteiger partial charge is 0.453 e. The Balaban J connectivity index is 0.928. The van der Waals surface area contributed by atoms with E-state index in [9.17, 15) is 14.4 Å². The van der Waals surface area contributed by atoms with Gasteiger partial charge >= 0.3 is 6.09 Å². The average Bonchev–Trinajstić information content (AvgIpc) is 4.10. The van der Waals surface area contributed by atoms with Crippen molar-refractivity contribution in [3.63, 3.8) is 0 Å². The van der Waals surface area contributed by atoms with Gasteiger partial charge in [0.05, 0.1) is 48.9 Å². The molecule has 2 bridgehead atoms. The molecule has 2 aliphatic carbocycles. The summed E-state index contributed by atoms with van der Waals surface area (Å²) >= 11 is 0. The summed E-state index contributed by atoms with van der Waals surface area (Å²) < 4.78 is 4.77. The molecule has 3 aliphatic rings. The maximum Gasteiger partial charge on any atom is 0.407 e. The lowest BCUT2D eigenvalue weighted by atomic mass is 9.78. The third-order valence-electron chi connectivity index (χ3n) is 12.7. The lowest BCUT2D eigenvalue weighted by Crippen LogP contribution is -2.51. The van der Waals surface area contributed by atoms with Gasteiger partial charge < -0.3 is 30.2 Å². The number of imidazole rings is 2. The van der Waals surface area contributed by atoms with Gasteiger partial charge in [0.2, 0.25) is 11.8 Å². The topological polar surface area (TPSA) is 158 Å². The van der Waals surface area contributed by atoms with Crippen LogP contribution in [-0.4, -0.2) is 67.4 Å². The number of likely N-dealkylation sites (tertiary alicyclic amines) is 1. The second-order valence-corrected chi connectivity index (χ2v) is 17.0. The number of hydrogen-bond acceptors (Lipinski definition) is 7. The number of fused-ring (bicyclic) bond motifs is 2. The highest BCUT2D eigenvalue weighted by Crippen LogP contribution is 2.56. The van der Waals surface area contributed by atoms with Crippen LogP contribution in [0.2, 0.25) is 0 Å². The highest BCUT2D eigenvalue weighted by atomic mass is 16.5. The predicted octanol–water partition coefficient (Wildman–Crippen LogP) is 8.22. The van der Waals surface area contributed by atoms with E-state index in [1.165, 1.54) is 7.11 Å². The Hall–Kier alpha value is -5.78. The number of benzene rings is 2. The minimum Gasteiger partial charge on any atom is -0.453 e. The van der Waals surface area contributed by atoms with Gasteiger partial charge in [0.15, 0.2) is 0 Å². The number of amides is 3. The van der Waals surface area contributed by atoms with E-state index < -0.39 is 12.1 Å². The van der Waals surface area contributed by atoms with E-state index in [2.05, 4.69) is 88.0 Å². The number of aromatic amines is 2. The van der Waals surface area contributed by atoms with Gasteiger partial charge in [0, 0.05) is 24.9 Å². The Morgan fingerprint density at radius 3 is 1.98 bits per heavy atom. The first-order valence-corrected chi connectivity index (χ1v) is 20.8. The van der Waals surface area contributed by atoms with E-state index >= 15 is 0 Å². The van der Waals surface area contributed by atoms with Crippen LogP contribution in [0.3, 0.4) is 0 Å². The van der Waals surface area contributed by atoms with Gasteiger partial charge in [-0.3, -0.25) is 14.6 Å². The van der Waals surface area contributed by atoms with Gasteiger partial charge in [-0.1, -0.05) is 82.3 Å². The fraction of sp³-hybridized carbons (Fsp3) is 0.435. The zero-order valence-electron chi connectivity index (χ0n) is 33.9. The number of nitrogens with one attached hydrogen (secondary N) is 4. The van der Waals surface area contributed by atoms with Crippen LogP contribution in [0.25, 0.3) is 33.6 Å². The van der Waals surface area contributed by atoms with Crippen LogP contribution < -0.4 is 10.6 Å². The van der Waals surface area contributed by atoms with Crippen molar-refractivity contribution < 1.29 is 19.1 Å². The molecule has 4 N–H and O–H groups in total. The Morgan fingerprint density at radius 1 is 0.759 bits per heavy atom. The molecular formula is C46H54N8O4. The number of alkyl carbamates (subject to hydrolysis) is 1. The first-order chi connectivity index (χ1) is 28.1. The van der Waals surface area contributed by atoms with Crippen molar-refractivity contribution in [1.29, 1.82) is 0 Å². The molecule has 1 unspecified atom stereocenters. The first-order valence-electron chi connectivity index (χ1n) is 20.8. The molecule has 58 heavy (non-hydrogen) atoms. The number of methoxy groups -OCH3 is 1. The number of carbonyl (C=O) groups is 3. The molecule has 2 aromatic carbocycles. The van der Waals surface area contributed by atoms with Crippen LogP contribution in [0, 0.1) is 29.6 Å². The van der Waals surface area contributed by atoms with Crippen LogP contribution in [0.5, 0.6) is 0 Å². The molecule has 3 amide bonds. The van der Waals surface area contributed by atoms with Crippen molar-refractivity contribution in [2.45, 2.75) is 83.8 Å². The number of nitrogens with zero attached hydrogens (tertiary/aromatic N) is 4. The molecule has 7 atom stereocenters. The average molecular weight is 783 g/mol. The SMILES string of the molecule is COC(=O)N[C@H](C(=O)N1CCC[C@H]1c1ncc(-c2ccc(-c3ccc(-c4cnc([C@@H]5[C@H]6CC[C@H](C6)[C@H]5C(=O)NC(c5cccnc5)C(C)C)[nH]4)cc3)cc2)[nH]1)C(C)C. The van der Waals surface area contributed by atoms with Gasteiger partial charge in [-0.15, -0.1) is 0 Å². The van der Waals surface area contributed by atoms with Crippen LogP contribution >= 0.6 is 0 Å². The maximum atomic E-state index is 14.0. The van der Waals surface area contributed by atoms with Crippen LogP contribution in [0.1, 0.15) is 95.0 Å². The highest BCUT2D eigenvalue weighted by Gasteiger charge is 2.52. The van der Waals surface area contributed by atoms with Gasteiger partial charge in [0.1, 0.15) is 17.7 Å². The molecule has 2 saturated carbocycles. The monoisotopic (exact) mass is 782 g/mol. The number of aromatic nitrogens is 5. The quantitative estimate of drug-likeness (QED) is 0.0993. The second kappa shape index (κ2) is 16.6. The summed E-state index contributed by atoms with van der Waals surface area (Å²) in [5.41, 5.74) is 7.09. The van der Waals surface area contributed by atoms with E-state index in [0.717, 1.165) is 83.0 Å². The molecule has 302 valence electrons. The molecule has 5 aromatic rings. The molecule has 12 nitrogen and oxygen atoms in total. The fourth-order valence-corrected chi connectivity index (χ4v) is 9.69. The Labute approximate surface area is 340 Å². The predicted molar refractivity (Wildman–Crippen MR) is 222 cm³/mol. The summed E-state index contributed by atoms with van der Waals surface area (Å²) in [6, 6.07) is 19.9. The lowest BCUT2D eigenvalue weighted by molar-refractivity contribution is -0.135. The van der Waals surface area contributed by atoms with Crippen LogP contribution in [0.15, 0.2) is 85.5 Å². The number of carbonyl (C=O) groups excluding carboxylic acids is 3. The Kier molecular flexibility index (Phi) is 11.2. The molecule has 12 heteroatoms. The number of hydrogen-bond donors (Lipinski definition) is 4. The standard InChI is InChI=1S/C46H54N8O4/c1-26(2)40(34-8-6-20-47-23-34)52-44(55)39-33-19-18-32(22-33)38(39)43-49-25-36(51-43)31-16-12-29(13-17-31)28-10-14-30(15-11-28)35-24-48-42(50-35)37-9-7-21-54(37)45(56)41(27(3)4)53-46(57)58-5/h6,8,10-17,20,23-27,32-33,37-41H,7,9,18-19,21-22H2,1-5H3,(H,48,50)(H,49,51)(H,52,55)(H,53,57)/t32-,33+,37-,38+,39+,40?,41-/m0/s1. The fourth-order valence-electron chi connectivity index (χ4n) is 9.69. The van der Waals surface area contributed by atoms with Crippen molar-refractivity contribution >= 4 is 17.9 Å². The molecular weight excluding hydrogens is 729 g/mol. The molecule has 8 rings (SSSR count). The van der Waals surface area contributed by atoms with E-state index in [4.69, 9.17) is 14.7 Å². The lowest BCUT2D eigenvalue weighted by Gasteiger charge is -2.31. The molecule has 0 spiro atoms. The number of pyridine rings is 1. The van der Waals surface area contributed by atoms with Crippen molar-refractivity contribution in [3.05, 3.63) is 103 Å². The number of H-pyrrole nitrogens is 2. The van der Waals surface area contributed by atoms with Gasteiger partial charge in [-0.2, -0.15) is 0 Å². The van der Waals surface area contributed by atoms with Crippen molar-refractivity contribution in [2.75, 3.05) is 13.7 Å². The van der Waals surface area contributed by atoms with Gasteiger partial charge in [-0.05, 0) is 89.7 Å². The number of rotatable bonds is 12. The zero-order valence-corrected chi connectivity index (χ0v) is 33.9. The van der Waals surface area contributed by atoms with Crippen molar-refractivity contribution in [1.82, 2.24) is 40.5 Å². The minimum atomic E-state index is -0.678. The van der Waals surface area contributed by atoms with Gasteiger partial charge in [-0.25, -0.2) is 14.8 Å². The summed E-state index contributed by atoms with van der Waals surface area (Å²) in [5.74, 6) is 2.59. The maximum absolute atomic E-state index is 14.0. The summed E-state index contributed by atoms with van der Waals surface area (Å²) in [5, 5.41) is 6.12. The Morgan fingerprint density at radius 2 is 1.38 bits per heavy atom. The minimum absolute atomic E-state index is 0.0742. The van der Waals surface area contributed by atoms with E-state index in [1.807, 2.05) is 49.5 Å².